The first-order valence-electron chi connectivity index (χ1n) is 15.3. The summed E-state index contributed by atoms with van der Waals surface area (Å²) in [5.41, 5.74) is 1.60. The van der Waals surface area contributed by atoms with Crippen LogP contribution in [0.15, 0.2) is 54.7 Å². The van der Waals surface area contributed by atoms with Crippen LogP contribution >= 0.6 is 0 Å². The van der Waals surface area contributed by atoms with Crippen LogP contribution in [0.3, 0.4) is 0 Å². The molecule has 3 amide bonds. The van der Waals surface area contributed by atoms with E-state index in [9.17, 15) is 33.2 Å². The Morgan fingerprint density at radius 2 is 1.87 bits per heavy atom. The quantitative estimate of drug-likeness (QED) is 0.165. The predicted octanol–water partition coefficient (Wildman–Crippen LogP) is 0.776. The lowest BCUT2D eigenvalue weighted by atomic mass is 9.80. The van der Waals surface area contributed by atoms with Crippen LogP contribution in [0.2, 0.25) is 0 Å². The van der Waals surface area contributed by atoms with Crippen LogP contribution in [-0.4, -0.2) is 126 Å². The highest BCUT2D eigenvalue weighted by Gasteiger charge is 2.47. The van der Waals surface area contributed by atoms with Crippen molar-refractivity contribution in [2.75, 3.05) is 59.5 Å². The number of nitrogens with one attached hydrogen (secondary N) is 1. The molecule has 2 aliphatic heterocycles. The fourth-order valence-corrected chi connectivity index (χ4v) is 5.95. The van der Waals surface area contributed by atoms with Crippen molar-refractivity contribution in [1.29, 1.82) is 5.26 Å². The van der Waals surface area contributed by atoms with E-state index in [1.54, 1.807) is 36.4 Å². The maximum Gasteiger partial charge on any atom is 0.488 e. The molecule has 0 radical (unpaired) electrons. The van der Waals surface area contributed by atoms with Gasteiger partial charge in [-0.15, -0.1) is 0 Å². The Bertz CT molecular complexity index is 1680. The first kappa shape index (κ1) is 33.7. The van der Waals surface area contributed by atoms with E-state index in [1.165, 1.54) is 24.4 Å². The van der Waals surface area contributed by atoms with Crippen molar-refractivity contribution in [2.24, 2.45) is 0 Å². The minimum Gasteiger partial charge on any atom is -0.493 e. The zero-order valence-electron chi connectivity index (χ0n) is 25.9. The zero-order valence-corrected chi connectivity index (χ0v) is 25.9. The number of halogens is 2. The van der Waals surface area contributed by atoms with Gasteiger partial charge in [0.05, 0.1) is 76.6 Å². The third-order valence-corrected chi connectivity index (χ3v) is 8.77. The van der Waals surface area contributed by atoms with Crippen molar-refractivity contribution in [3.8, 4) is 11.8 Å². The average Bonchev–Trinajstić information content (AvgIpc) is 3.39. The zero-order chi connectivity index (χ0) is 33.8. The maximum atomic E-state index is 13.7. The van der Waals surface area contributed by atoms with Gasteiger partial charge in [-0.25, -0.2) is 8.78 Å². The maximum absolute atomic E-state index is 13.7. The van der Waals surface area contributed by atoms with Gasteiger partial charge in [-0.2, -0.15) is 5.26 Å². The molecule has 1 aromatic heterocycles. The molecule has 0 spiro atoms. The van der Waals surface area contributed by atoms with Crippen molar-refractivity contribution in [1.82, 2.24) is 20.1 Å². The summed E-state index contributed by atoms with van der Waals surface area (Å²) in [5.74, 6) is -4.05. The van der Waals surface area contributed by atoms with Gasteiger partial charge in [0.15, 0.2) is 0 Å². The van der Waals surface area contributed by atoms with Crippen molar-refractivity contribution in [3.05, 3.63) is 65.9 Å². The lowest BCUT2D eigenvalue weighted by Crippen LogP contribution is -2.58. The molecule has 2 fully saturated rings. The van der Waals surface area contributed by atoms with Crippen molar-refractivity contribution in [3.63, 3.8) is 0 Å². The van der Waals surface area contributed by atoms with E-state index in [0.29, 0.717) is 47.4 Å². The molecule has 0 unspecified atom stereocenters. The number of carbonyl (C=O) groups excluding carboxylic acids is 3. The summed E-state index contributed by atoms with van der Waals surface area (Å²) in [5, 5.41) is 30.7. The Balaban J connectivity index is 1.11. The fraction of sp³-hybridized carbons (Fsp3) is 0.406. The van der Waals surface area contributed by atoms with Gasteiger partial charge < -0.3 is 34.4 Å². The molecule has 47 heavy (non-hydrogen) atoms. The molecular formula is C32H36BF2N6O6+. The van der Waals surface area contributed by atoms with Gasteiger partial charge >= 0.3 is 7.12 Å². The Morgan fingerprint density at radius 1 is 1.15 bits per heavy atom. The number of fused-ring (bicyclic) bond motifs is 1. The Kier molecular flexibility index (Phi) is 10.0. The van der Waals surface area contributed by atoms with Crippen molar-refractivity contribution < 1.29 is 42.4 Å². The summed E-state index contributed by atoms with van der Waals surface area (Å²) in [6, 6.07) is 13.4. The number of carbonyl (C=O) groups is 3. The number of nitrogens with zero attached hydrogens (tertiary/aromatic N) is 5. The van der Waals surface area contributed by atoms with Crippen LogP contribution in [-0.2, 0) is 4.79 Å². The molecule has 5 rings (SSSR count). The van der Waals surface area contributed by atoms with Gasteiger partial charge in [-0.1, -0.05) is 12.1 Å². The summed E-state index contributed by atoms with van der Waals surface area (Å²) in [6.45, 7) is 2.61. The highest BCUT2D eigenvalue weighted by atomic mass is 19.3. The van der Waals surface area contributed by atoms with Gasteiger partial charge in [0, 0.05) is 30.0 Å². The summed E-state index contributed by atoms with van der Waals surface area (Å²) in [7, 11) is 0.567. The second kappa shape index (κ2) is 14.0. The number of alkyl halides is 2. The molecule has 0 bridgehead atoms. The molecule has 2 aromatic carbocycles. The van der Waals surface area contributed by atoms with E-state index in [4.69, 9.17) is 10.00 Å². The summed E-state index contributed by atoms with van der Waals surface area (Å²) in [4.78, 5) is 45.4. The molecule has 2 aliphatic rings. The van der Waals surface area contributed by atoms with Crippen LogP contribution in [0.25, 0.3) is 10.9 Å². The van der Waals surface area contributed by atoms with Crippen LogP contribution in [0, 0.1) is 11.3 Å². The number of likely N-dealkylation sites (tertiary alicyclic amines) is 1. The molecule has 0 saturated carbocycles. The molecule has 3 N–H and O–H groups in total. The molecule has 1 atom stereocenters. The minimum absolute atomic E-state index is 0.0899. The van der Waals surface area contributed by atoms with Crippen molar-refractivity contribution >= 4 is 41.2 Å². The van der Waals surface area contributed by atoms with E-state index in [0.717, 1.165) is 35.4 Å². The third kappa shape index (κ3) is 8.02. The highest BCUT2D eigenvalue weighted by Crippen LogP contribution is 2.31. The number of amides is 3. The normalized spacial score (nSPS) is 18.4. The second-order valence-electron chi connectivity index (χ2n) is 12.2. The number of piperazine rings is 1. The van der Waals surface area contributed by atoms with Gasteiger partial charge in [0.1, 0.15) is 11.8 Å². The largest absolute Gasteiger partial charge is 0.493 e. The Hall–Kier alpha value is -4.65. The number of aromatic nitrogens is 1. The van der Waals surface area contributed by atoms with Gasteiger partial charge in [-0.05, 0) is 41.9 Å². The first-order chi connectivity index (χ1) is 22.4. The summed E-state index contributed by atoms with van der Waals surface area (Å²) in [6.07, 6.45) is 1.48. The van der Waals surface area contributed by atoms with Gasteiger partial charge in [0.2, 0.25) is 5.91 Å². The van der Waals surface area contributed by atoms with Crippen molar-refractivity contribution in [2.45, 2.75) is 24.8 Å². The van der Waals surface area contributed by atoms with Crippen LogP contribution in [0.4, 0.5) is 8.78 Å². The molecule has 12 nitrogen and oxygen atoms in total. The number of hydrogen-bond acceptors (Lipinski definition) is 8. The Morgan fingerprint density at radius 3 is 2.55 bits per heavy atom. The monoisotopic (exact) mass is 649 g/mol. The van der Waals surface area contributed by atoms with E-state index in [2.05, 4.69) is 17.3 Å². The number of rotatable bonds is 10. The summed E-state index contributed by atoms with van der Waals surface area (Å²) < 4.78 is 34.3. The number of hydrogen-bond donors (Lipinski definition) is 3. The smallest absolute Gasteiger partial charge is 0.488 e. The molecule has 15 heteroatoms. The van der Waals surface area contributed by atoms with Crippen LogP contribution in [0.5, 0.6) is 5.75 Å². The van der Waals surface area contributed by atoms with E-state index in [-0.39, 0.29) is 11.5 Å². The summed E-state index contributed by atoms with van der Waals surface area (Å²) >= 11 is 0. The van der Waals surface area contributed by atoms with E-state index >= 15 is 0 Å². The first-order valence-corrected chi connectivity index (χ1v) is 15.3. The Labute approximate surface area is 270 Å². The third-order valence-electron chi connectivity index (χ3n) is 8.77. The number of nitriles is 1. The highest BCUT2D eigenvalue weighted by molar-refractivity contribution is 6.58. The van der Waals surface area contributed by atoms with Gasteiger partial charge in [-0.3, -0.25) is 19.4 Å². The SMILES string of the molecule is C[N+]1(CCCOc2ccc3nccc(C(=O)NCC(=O)N4CC(F)(F)C[C@H]4C#N)c3c2)CCN(C(=O)c2ccc(B(O)O)cc2)CC1. The predicted molar refractivity (Wildman–Crippen MR) is 168 cm³/mol. The number of likely N-dealkylation sites (N-methyl/N-ethyl adjacent to an activating group) is 1. The second-order valence-corrected chi connectivity index (χ2v) is 12.2. The standard InChI is InChI=1S/C32H35BF2N6O6/c1-41(14-11-39(12-15-41)31(44)22-3-5-23(6-4-22)33(45)46)13-2-16-47-25-7-8-28-27(17-25)26(9-10-37-28)30(43)38-20-29(42)40-21-32(34,35)18-24(40)19-36/h3-10,17,24,45-46H,2,11-16,18,20-21H2,1H3/p+1/t24-/m0/s1. The lowest BCUT2D eigenvalue weighted by Gasteiger charge is -2.42. The molecule has 2 saturated heterocycles. The van der Waals surface area contributed by atoms with Crippen LogP contribution < -0.4 is 15.5 Å². The van der Waals surface area contributed by atoms with E-state index in [1.807, 2.05) is 4.90 Å². The minimum atomic E-state index is -3.14. The van der Waals surface area contributed by atoms with E-state index < -0.39 is 50.4 Å². The number of ether oxygens (including phenoxy) is 1. The topological polar surface area (TPSA) is 156 Å². The number of pyridine rings is 1. The molecule has 3 aromatic rings. The lowest BCUT2D eigenvalue weighted by molar-refractivity contribution is -0.913. The number of benzene rings is 2. The molecular weight excluding hydrogens is 613 g/mol. The molecule has 0 aliphatic carbocycles. The number of quaternary nitrogens is 1. The molecule has 3 heterocycles. The van der Waals surface area contributed by atoms with Crippen LogP contribution in [0.1, 0.15) is 33.6 Å². The fourth-order valence-electron chi connectivity index (χ4n) is 5.95. The molecule has 246 valence electrons. The van der Waals surface area contributed by atoms with Gasteiger partial charge in [0.25, 0.3) is 17.7 Å². The average molecular weight is 649 g/mol.